The summed E-state index contributed by atoms with van der Waals surface area (Å²) >= 11 is 2.19. The van der Waals surface area contributed by atoms with E-state index >= 15 is 0 Å². The highest BCUT2D eigenvalue weighted by molar-refractivity contribution is 14.1. The van der Waals surface area contributed by atoms with Crippen molar-refractivity contribution in [2.75, 3.05) is 7.05 Å². The lowest BCUT2D eigenvalue weighted by Crippen LogP contribution is -2.48. The molecule has 1 aliphatic heterocycles. The van der Waals surface area contributed by atoms with Crippen LogP contribution in [-0.2, 0) is 4.79 Å². The molecule has 0 aliphatic carbocycles. The van der Waals surface area contributed by atoms with Gasteiger partial charge in [0.2, 0.25) is 0 Å². The van der Waals surface area contributed by atoms with Crippen molar-refractivity contribution in [3.63, 3.8) is 0 Å². The van der Waals surface area contributed by atoms with E-state index in [2.05, 4.69) is 62.2 Å². The Hall–Kier alpha value is -0.620. The van der Waals surface area contributed by atoms with Gasteiger partial charge in [-0.2, -0.15) is 0 Å². The van der Waals surface area contributed by atoms with Gasteiger partial charge in [0.1, 0.15) is 5.75 Å². The fraction of sp³-hybridized carbons (Fsp3) is 0.562. The topological polar surface area (TPSA) is 29.5 Å². The zero-order valence-electron chi connectivity index (χ0n) is 12.7. The van der Waals surface area contributed by atoms with E-state index in [0.717, 1.165) is 9.99 Å². The van der Waals surface area contributed by atoms with Gasteiger partial charge in [0.05, 0.1) is 9.49 Å². The molecule has 3 nitrogen and oxygen atoms in total. The minimum absolute atomic E-state index is 0.0109. The zero-order chi connectivity index (χ0) is 15.1. The van der Waals surface area contributed by atoms with Crippen LogP contribution in [0.3, 0.4) is 0 Å². The van der Waals surface area contributed by atoms with Gasteiger partial charge in [-0.25, -0.2) is 0 Å². The second kappa shape index (κ2) is 5.30. The summed E-state index contributed by atoms with van der Waals surface area (Å²) in [4.78, 5) is 14.8. The third-order valence-corrected chi connectivity index (χ3v) is 5.55. The molecule has 20 heavy (non-hydrogen) atoms. The van der Waals surface area contributed by atoms with Gasteiger partial charge in [0, 0.05) is 11.1 Å². The van der Waals surface area contributed by atoms with E-state index in [1.54, 1.807) is 0 Å². The van der Waals surface area contributed by atoms with Gasteiger partial charge in [-0.1, -0.05) is 12.1 Å². The molecule has 1 saturated heterocycles. The summed E-state index contributed by atoms with van der Waals surface area (Å²) in [7, 11) is 2.08. The van der Waals surface area contributed by atoms with Crippen LogP contribution in [-0.4, -0.2) is 29.0 Å². The van der Waals surface area contributed by atoms with Gasteiger partial charge >= 0.3 is 5.97 Å². The maximum absolute atomic E-state index is 12.6. The lowest BCUT2D eigenvalue weighted by molar-refractivity contribution is -0.141. The summed E-state index contributed by atoms with van der Waals surface area (Å²) in [6.45, 7) is 8.58. The molecule has 0 amide bonds. The van der Waals surface area contributed by atoms with Gasteiger partial charge in [0.15, 0.2) is 0 Å². The fourth-order valence-corrected chi connectivity index (χ4v) is 3.48. The maximum Gasteiger partial charge on any atom is 0.316 e. The lowest BCUT2D eigenvalue weighted by atomic mass is 9.87. The van der Waals surface area contributed by atoms with Gasteiger partial charge in [0.25, 0.3) is 0 Å². The monoisotopic (exact) mass is 387 g/mol. The molecule has 1 aliphatic rings. The van der Waals surface area contributed by atoms with Crippen LogP contribution in [0.25, 0.3) is 0 Å². The summed E-state index contributed by atoms with van der Waals surface area (Å²) in [6.07, 6.45) is 0.818. The summed E-state index contributed by atoms with van der Waals surface area (Å²) in [5.41, 5.74) is -0.183. The molecule has 1 fully saturated rings. The van der Waals surface area contributed by atoms with Crippen molar-refractivity contribution < 1.29 is 9.53 Å². The molecular weight excluding hydrogens is 365 g/mol. The summed E-state index contributed by atoms with van der Waals surface area (Å²) in [5.74, 6) is 0.413. The predicted molar refractivity (Wildman–Crippen MR) is 88.8 cm³/mol. The van der Waals surface area contributed by atoms with E-state index in [1.807, 2.05) is 24.3 Å². The van der Waals surface area contributed by atoms with E-state index in [9.17, 15) is 4.79 Å². The Morgan fingerprint density at radius 3 is 2.40 bits per heavy atom. The molecule has 0 spiro atoms. The quantitative estimate of drug-likeness (QED) is 0.440. The molecule has 1 heterocycles. The number of benzene rings is 1. The van der Waals surface area contributed by atoms with Crippen LogP contribution in [0.1, 0.15) is 34.1 Å². The molecule has 4 heteroatoms. The highest BCUT2D eigenvalue weighted by Gasteiger charge is 2.53. The molecule has 1 aromatic carbocycles. The van der Waals surface area contributed by atoms with E-state index in [0.29, 0.717) is 5.75 Å². The second-order valence-electron chi connectivity index (χ2n) is 6.63. The number of esters is 1. The average Bonchev–Trinajstić information content (AvgIpc) is 2.52. The smallest absolute Gasteiger partial charge is 0.316 e. The van der Waals surface area contributed by atoms with E-state index in [-0.39, 0.29) is 23.0 Å². The number of ether oxygens (including phenoxy) is 1. The Kier molecular flexibility index (Phi) is 4.17. The van der Waals surface area contributed by atoms with Gasteiger partial charge in [-0.3, -0.25) is 9.69 Å². The van der Waals surface area contributed by atoms with Crippen molar-refractivity contribution in [3.8, 4) is 5.75 Å². The predicted octanol–water partition coefficient (Wildman–Crippen LogP) is 3.71. The molecule has 1 aromatic rings. The summed E-state index contributed by atoms with van der Waals surface area (Å²) < 4.78 is 6.59. The lowest BCUT2D eigenvalue weighted by Gasteiger charge is -2.37. The Bertz CT molecular complexity index is 525. The first-order chi connectivity index (χ1) is 9.16. The third kappa shape index (κ3) is 2.72. The van der Waals surface area contributed by atoms with Crippen molar-refractivity contribution in [3.05, 3.63) is 27.8 Å². The normalized spacial score (nSPS) is 24.6. The van der Waals surface area contributed by atoms with Gasteiger partial charge in [-0.15, -0.1) is 0 Å². The Morgan fingerprint density at radius 1 is 1.30 bits per heavy atom. The van der Waals surface area contributed by atoms with Gasteiger partial charge < -0.3 is 4.74 Å². The number of carbonyl (C=O) groups excluding carboxylic acids is 1. The summed E-state index contributed by atoms with van der Waals surface area (Å²) in [5, 5.41) is 0. The molecule has 0 bridgehead atoms. The number of carbonyl (C=O) groups is 1. The second-order valence-corrected chi connectivity index (χ2v) is 7.80. The van der Waals surface area contributed by atoms with E-state index < -0.39 is 0 Å². The number of halogens is 1. The molecule has 0 aromatic heterocycles. The van der Waals surface area contributed by atoms with Crippen LogP contribution in [0.4, 0.5) is 0 Å². The Morgan fingerprint density at radius 2 is 1.90 bits per heavy atom. The highest BCUT2D eigenvalue weighted by atomic mass is 127. The van der Waals surface area contributed by atoms with Crippen molar-refractivity contribution in [2.45, 2.75) is 45.2 Å². The Balaban J connectivity index is 2.20. The number of hydrogen-bond donors (Lipinski definition) is 0. The third-order valence-electron chi connectivity index (χ3n) is 4.66. The molecule has 0 radical (unpaired) electrons. The minimum atomic E-state index is -0.194. The maximum atomic E-state index is 12.6. The van der Waals surface area contributed by atoms with Gasteiger partial charge in [-0.05, 0) is 75.9 Å². The molecule has 110 valence electrons. The number of para-hydroxylation sites is 1. The zero-order valence-corrected chi connectivity index (χ0v) is 14.9. The average molecular weight is 387 g/mol. The Labute approximate surface area is 134 Å². The molecule has 0 saturated carbocycles. The van der Waals surface area contributed by atoms with Crippen LogP contribution >= 0.6 is 22.6 Å². The van der Waals surface area contributed by atoms with Crippen molar-refractivity contribution in [2.24, 2.45) is 5.92 Å². The first kappa shape index (κ1) is 15.8. The number of nitrogens with zero attached hydrogens (tertiary/aromatic N) is 1. The standard InChI is InChI=1S/C16H22INO2/c1-15(2)10-11(16(3,4)18(15)5)14(19)20-13-9-7-6-8-12(13)17/h6-9,11H,10H2,1-5H3. The molecule has 1 unspecified atom stereocenters. The van der Waals surface area contributed by atoms with Crippen LogP contribution in [0, 0.1) is 9.49 Å². The molecule has 2 rings (SSSR count). The van der Waals surface area contributed by atoms with Crippen LogP contribution in [0.2, 0.25) is 0 Å². The van der Waals surface area contributed by atoms with E-state index in [4.69, 9.17) is 4.74 Å². The molecular formula is C16H22INO2. The molecule has 0 N–H and O–H groups in total. The minimum Gasteiger partial charge on any atom is -0.425 e. The molecule has 1 atom stereocenters. The van der Waals surface area contributed by atoms with Crippen LogP contribution < -0.4 is 4.74 Å². The van der Waals surface area contributed by atoms with Crippen molar-refractivity contribution >= 4 is 28.6 Å². The SMILES string of the molecule is CN1C(C)(C)CC(C(=O)Oc2ccccc2I)C1(C)C. The van der Waals surface area contributed by atoms with Crippen molar-refractivity contribution in [1.29, 1.82) is 0 Å². The highest BCUT2D eigenvalue weighted by Crippen LogP contribution is 2.44. The van der Waals surface area contributed by atoms with Crippen molar-refractivity contribution in [1.82, 2.24) is 4.90 Å². The largest absolute Gasteiger partial charge is 0.425 e. The first-order valence-corrected chi connectivity index (χ1v) is 7.94. The van der Waals surface area contributed by atoms with Crippen LogP contribution in [0.15, 0.2) is 24.3 Å². The number of hydrogen-bond acceptors (Lipinski definition) is 3. The fourth-order valence-electron chi connectivity index (χ4n) is 2.98. The van der Waals surface area contributed by atoms with Crippen LogP contribution in [0.5, 0.6) is 5.75 Å². The number of likely N-dealkylation sites (tertiary alicyclic amines) is 1. The first-order valence-electron chi connectivity index (χ1n) is 6.86. The summed E-state index contributed by atoms with van der Waals surface area (Å²) in [6, 6.07) is 7.62. The number of rotatable bonds is 2. The van der Waals surface area contributed by atoms with E-state index in [1.165, 1.54) is 0 Å².